The summed E-state index contributed by atoms with van der Waals surface area (Å²) in [6.07, 6.45) is 0.171. The van der Waals surface area contributed by atoms with Gasteiger partial charge in [0, 0.05) is 0 Å². The van der Waals surface area contributed by atoms with E-state index in [1.54, 1.807) is 6.82 Å². The Bertz CT molecular complexity index is 271. The van der Waals surface area contributed by atoms with E-state index in [4.69, 9.17) is 4.74 Å². The summed E-state index contributed by atoms with van der Waals surface area (Å²) in [6.45, 7) is 5.27. The first kappa shape index (κ1) is 10.1. The van der Waals surface area contributed by atoms with Gasteiger partial charge >= 0.3 is 6.92 Å². The molecule has 0 saturated carbocycles. The Hall–Kier alpha value is -0.955. The normalized spacial score (nSPS) is 10.2. The Balaban J connectivity index is 2.79. The maximum atomic E-state index is 9.33. The van der Waals surface area contributed by atoms with Crippen LogP contribution in [0, 0.1) is 0 Å². The molecule has 0 bridgehead atoms. The molecule has 0 unspecified atom stereocenters. The lowest BCUT2D eigenvalue weighted by Crippen LogP contribution is -2.26. The van der Waals surface area contributed by atoms with Crippen LogP contribution < -0.4 is 10.2 Å². The second-order valence-electron chi connectivity index (χ2n) is 3.42. The number of ether oxygens (including phenoxy) is 1. The minimum Gasteiger partial charge on any atom is -0.491 e. The standard InChI is InChI=1S/C10H15BO2/c1-8(2)13-10-6-4-5-9(7-10)11(3)12/h4-8,12H,1-3H3. The molecule has 70 valence electrons. The van der Waals surface area contributed by atoms with E-state index in [-0.39, 0.29) is 6.10 Å². The molecule has 0 spiro atoms. The molecule has 0 aliphatic carbocycles. The van der Waals surface area contributed by atoms with E-state index in [0.29, 0.717) is 0 Å². The maximum absolute atomic E-state index is 9.33. The predicted molar refractivity (Wildman–Crippen MR) is 55.7 cm³/mol. The SMILES string of the molecule is CB(O)c1cccc(OC(C)C)c1. The molecule has 13 heavy (non-hydrogen) atoms. The molecule has 0 heterocycles. The van der Waals surface area contributed by atoms with Gasteiger partial charge in [-0.2, -0.15) is 0 Å². The highest BCUT2D eigenvalue weighted by molar-refractivity contribution is 6.64. The second-order valence-corrected chi connectivity index (χ2v) is 3.42. The molecule has 0 aliphatic heterocycles. The third-order valence-corrected chi connectivity index (χ3v) is 1.71. The Morgan fingerprint density at radius 2 is 2.08 bits per heavy atom. The van der Waals surface area contributed by atoms with Crippen molar-refractivity contribution in [3.05, 3.63) is 24.3 Å². The van der Waals surface area contributed by atoms with Crippen LogP contribution in [0.3, 0.4) is 0 Å². The van der Waals surface area contributed by atoms with Gasteiger partial charge < -0.3 is 9.76 Å². The average molecular weight is 178 g/mol. The summed E-state index contributed by atoms with van der Waals surface area (Å²) in [6, 6.07) is 7.54. The van der Waals surface area contributed by atoms with Gasteiger partial charge in [-0.25, -0.2) is 0 Å². The molecule has 3 heteroatoms. The molecule has 0 amide bonds. The first-order valence-electron chi connectivity index (χ1n) is 4.54. The van der Waals surface area contributed by atoms with E-state index >= 15 is 0 Å². The lowest BCUT2D eigenvalue weighted by Gasteiger charge is -2.10. The summed E-state index contributed by atoms with van der Waals surface area (Å²) in [7, 11) is 0. The first-order valence-corrected chi connectivity index (χ1v) is 4.54. The zero-order chi connectivity index (χ0) is 9.84. The lowest BCUT2D eigenvalue weighted by atomic mass is 9.64. The summed E-state index contributed by atoms with van der Waals surface area (Å²) < 4.78 is 5.49. The number of rotatable bonds is 3. The third-order valence-electron chi connectivity index (χ3n) is 1.71. The van der Waals surface area contributed by atoms with Crippen molar-refractivity contribution in [2.75, 3.05) is 0 Å². The Kier molecular flexibility index (Phi) is 3.37. The van der Waals surface area contributed by atoms with E-state index in [2.05, 4.69) is 0 Å². The van der Waals surface area contributed by atoms with E-state index in [1.807, 2.05) is 38.1 Å². The van der Waals surface area contributed by atoms with Gasteiger partial charge in [-0.1, -0.05) is 19.0 Å². The quantitative estimate of drug-likeness (QED) is 0.706. The molecule has 1 rings (SSSR count). The molecular formula is C10H15BO2. The monoisotopic (exact) mass is 178 g/mol. The summed E-state index contributed by atoms with van der Waals surface area (Å²) in [5.74, 6) is 0.813. The number of hydrogen-bond acceptors (Lipinski definition) is 2. The topological polar surface area (TPSA) is 29.5 Å². The van der Waals surface area contributed by atoms with Gasteiger partial charge in [-0.15, -0.1) is 0 Å². The van der Waals surface area contributed by atoms with Crippen LogP contribution in [0.5, 0.6) is 5.75 Å². The Morgan fingerprint density at radius 1 is 1.38 bits per heavy atom. The van der Waals surface area contributed by atoms with Crippen molar-refractivity contribution in [3.63, 3.8) is 0 Å². The summed E-state index contributed by atoms with van der Waals surface area (Å²) in [5.41, 5.74) is 0.887. The van der Waals surface area contributed by atoms with Crippen LogP contribution in [-0.4, -0.2) is 18.0 Å². The summed E-state index contributed by atoms with van der Waals surface area (Å²) in [4.78, 5) is 0. The second kappa shape index (κ2) is 4.33. The highest BCUT2D eigenvalue weighted by Gasteiger charge is 2.07. The fraction of sp³-hybridized carbons (Fsp3) is 0.400. The first-order chi connectivity index (χ1) is 6.09. The molecule has 1 N–H and O–H groups in total. The van der Waals surface area contributed by atoms with Crippen molar-refractivity contribution in [3.8, 4) is 5.75 Å². The van der Waals surface area contributed by atoms with Crippen LogP contribution in [-0.2, 0) is 0 Å². The van der Waals surface area contributed by atoms with Gasteiger partial charge in [0.2, 0.25) is 0 Å². The molecule has 0 aliphatic rings. The van der Waals surface area contributed by atoms with Crippen LogP contribution in [0.15, 0.2) is 24.3 Å². The van der Waals surface area contributed by atoms with Gasteiger partial charge in [0.25, 0.3) is 0 Å². The van der Waals surface area contributed by atoms with Crippen molar-refractivity contribution in [1.82, 2.24) is 0 Å². The van der Waals surface area contributed by atoms with Crippen molar-refractivity contribution < 1.29 is 9.76 Å². The number of benzene rings is 1. The molecule has 0 fully saturated rings. The predicted octanol–water partition coefficient (Wildman–Crippen LogP) is 1.29. The van der Waals surface area contributed by atoms with E-state index < -0.39 is 6.92 Å². The van der Waals surface area contributed by atoms with Crippen LogP contribution in [0.2, 0.25) is 6.82 Å². The van der Waals surface area contributed by atoms with Crippen LogP contribution >= 0.6 is 0 Å². The average Bonchev–Trinajstić information content (AvgIpc) is 2.03. The van der Waals surface area contributed by atoms with Gasteiger partial charge in [0.15, 0.2) is 0 Å². The zero-order valence-corrected chi connectivity index (χ0v) is 8.32. The van der Waals surface area contributed by atoms with Crippen LogP contribution in [0.25, 0.3) is 0 Å². The molecule has 0 radical (unpaired) electrons. The molecule has 0 aromatic heterocycles. The van der Waals surface area contributed by atoms with Crippen LogP contribution in [0.4, 0.5) is 0 Å². The van der Waals surface area contributed by atoms with Gasteiger partial charge in [-0.3, -0.25) is 0 Å². The summed E-state index contributed by atoms with van der Waals surface area (Å²) in [5, 5.41) is 9.33. The van der Waals surface area contributed by atoms with Crippen LogP contribution in [0.1, 0.15) is 13.8 Å². The van der Waals surface area contributed by atoms with Crippen molar-refractivity contribution in [1.29, 1.82) is 0 Å². The molecule has 1 aromatic carbocycles. The summed E-state index contributed by atoms with van der Waals surface area (Å²) >= 11 is 0. The van der Waals surface area contributed by atoms with E-state index in [0.717, 1.165) is 11.2 Å². The third kappa shape index (κ3) is 3.11. The highest BCUT2D eigenvalue weighted by atomic mass is 16.5. The molecular weight excluding hydrogens is 163 g/mol. The van der Waals surface area contributed by atoms with E-state index in [9.17, 15) is 5.02 Å². The minimum absolute atomic E-state index is 0.171. The largest absolute Gasteiger partial charge is 0.491 e. The van der Waals surface area contributed by atoms with Gasteiger partial charge in [0.05, 0.1) is 6.10 Å². The molecule has 2 nitrogen and oxygen atoms in total. The Labute approximate surface area is 79.7 Å². The highest BCUT2D eigenvalue weighted by Crippen LogP contribution is 2.09. The van der Waals surface area contributed by atoms with Crippen molar-refractivity contribution >= 4 is 12.4 Å². The fourth-order valence-electron chi connectivity index (χ4n) is 1.12. The molecule has 0 saturated heterocycles. The van der Waals surface area contributed by atoms with Crippen molar-refractivity contribution in [2.45, 2.75) is 26.8 Å². The van der Waals surface area contributed by atoms with Gasteiger partial charge in [0.1, 0.15) is 5.75 Å². The smallest absolute Gasteiger partial charge is 0.320 e. The maximum Gasteiger partial charge on any atom is 0.320 e. The molecule has 1 aromatic rings. The van der Waals surface area contributed by atoms with Gasteiger partial charge in [-0.05, 0) is 31.4 Å². The number of hydrogen-bond donors (Lipinski definition) is 1. The Morgan fingerprint density at radius 3 is 2.62 bits per heavy atom. The zero-order valence-electron chi connectivity index (χ0n) is 8.32. The van der Waals surface area contributed by atoms with Crippen molar-refractivity contribution in [2.24, 2.45) is 0 Å². The lowest BCUT2D eigenvalue weighted by molar-refractivity contribution is 0.242. The fourth-order valence-corrected chi connectivity index (χ4v) is 1.12. The van der Waals surface area contributed by atoms with E-state index in [1.165, 1.54) is 0 Å². The minimum atomic E-state index is -0.435. The molecule has 0 atom stereocenters.